The van der Waals surface area contributed by atoms with E-state index in [4.69, 9.17) is 4.74 Å². The summed E-state index contributed by atoms with van der Waals surface area (Å²) < 4.78 is 5.30. The Morgan fingerprint density at radius 2 is 2.28 bits per heavy atom. The van der Waals surface area contributed by atoms with Gasteiger partial charge >= 0.3 is 0 Å². The molecule has 98 valence electrons. The van der Waals surface area contributed by atoms with E-state index in [0.717, 1.165) is 23.6 Å². The highest BCUT2D eigenvalue weighted by Crippen LogP contribution is 2.25. The molecule has 18 heavy (non-hydrogen) atoms. The van der Waals surface area contributed by atoms with Gasteiger partial charge in [0.25, 0.3) is 0 Å². The number of thioether (sulfide) groups is 1. The molecule has 0 saturated carbocycles. The lowest BCUT2D eigenvalue weighted by Gasteiger charge is -2.31. The van der Waals surface area contributed by atoms with Crippen molar-refractivity contribution in [3.63, 3.8) is 0 Å². The summed E-state index contributed by atoms with van der Waals surface area (Å²) in [5.74, 6) is 2.82. The number of ether oxygens (including phenoxy) is 1. The maximum atomic E-state index is 12.6. The van der Waals surface area contributed by atoms with Gasteiger partial charge in [-0.1, -0.05) is 11.6 Å². The number of methoxy groups -OCH3 is 1. The van der Waals surface area contributed by atoms with Crippen molar-refractivity contribution in [2.75, 3.05) is 32.2 Å². The second-order valence-electron chi connectivity index (χ2n) is 4.64. The Morgan fingerprint density at radius 3 is 2.94 bits per heavy atom. The molecule has 0 spiro atoms. The zero-order valence-corrected chi connectivity index (χ0v) is 11.9. The molecule has 0 amide bonds. The van der Waals surface area contributed by atoms with Crippen LogP contribution < -0.4 is 4.74 Å². The van der Waals surface area contributed by atoms with E-state index < -0.39 is 0 Å². The van der Waals surface area contributed by atoms with E-state index in [1.54, 1.807) is 7.11 Å². The van der Waals surface area contributed by atoms with Crippen molar-refractivity contribution < 1.29 is 9.53 Å². The molecule has 3 nitrogen and oxygen atoms in total. The molecule has 2 rings (SSSR count). The molecule has 1 fully saturated rings. The third-order valence-corrected chi connectivity index (χ3v) is 4.34. The van der Waals surface area contributed by atoms with Crippen molar-refractivity contribution in [2.45, 2.75) is 13.0 Å². The summed E-state index contributed by atoms with van der Waals surface area (Å²) in [5.41, 5.74) is 1.79. The van der Waals surface area contributed by atoms with Gasteiger partial charge in [0.2, 0.25) is 0 Å². The normalized spacial score (nSPS) is 20.7. The van der Waals surface area contributed by atoms with Gasteiger partial charge in [-0.2, -0.15) is 11.8 Å². The number of aryl methyl sites for hydroxylation is 1. The first-order valence-corrected chi connectivity index (χ1v) is 7.26. The first-order chi connectivity index (χ1) is 8.63. The van der Waals surface area contributed by atoms with Crippen LogP contribution in [0.3, 0.4) is 0 Å². The minimum absolute atomic E-state index is 0.0283. The van der Waals surface area contributed by atoms with Crippen LogP contribution in [0.15, 0.2) is 18.2 Å². The van der Waals surface area contributed by atoms with Crippen LogP contribution in [0.2, 0.25) is 0 Å². The summed E-state index contributed by atoms with van der Waals surface area (Å²) in [6.07, 6.45) is 0. The number of nitrogens with zero attached hydrogens (tertiary/aromatic N) is 1. The number of hydrogen-bond acceptors (Lipinski definition) is 4. The highest BCUT2D eigenvalue weighted by atomic mass is 32.2. The average molecular weight is 265 g/mol. The Balaban J connectivity index is 2.29. The molecule has 1 aromatic carbocycles. The molecular formula is C14H19NO2S. The van der Waals surface area contributed by atoms with E-state index >= 15 is 0 Å². The zero-order chi connectivity index (χ0) is 13.1. The fraction of sp³-hybridized carbons (Fsp3) is 0.500. The number of rotatable bonds is 3. The van der Waals surface area contributed by atoms with E-state index in [-0.39, 0.29) is 11.8 Å². The van der Waals surface area contributed by atoms with Gasteiger partial charge in [0.15, 0.2) is 5.78 Å². The van der Waals surface area contributed by atoms with Gasteiger partial charge in [0, 0.05) is 18.1 Å². The molecule has 0 bridgehead atoms. The third kappa shape index (κ3) is 2.70. The van der Waals surface area contributed by atoms with Crippen molar-refractivity contribution in [3.8, 4) is 5.75 Å². The van der Waals surface area contributed by atoms with Crippen LogP contribution in [-0.4, -0.2) is 48.9 Å². The van der Waals surface area contributed by atoms with Crippen LogP contribution in [0.4, 0.5) is 0 Å². The zero-order valence-electron chi connectivity index (χ0n) is 11.1. The molecule has 1 atom stereocenters. The summed E-state index contributed by atoms with van der Waals surface area (Å²) in [7, 11) is 3.63. The Hall–Kier alpha value is -1.00. The van der Waals surface area contributed by atoms with Gasteiger partial charge in [-0.15, -0.1) is 0 Å². The average Bonchev–Trinajstić information content (AvgIpc) is 2.38. The summed E-state index contributed by atoms with van der Waals surface area (Å²) in [4.78, 5) is 14.7. The minimum Gasteiger partial charge on any atom is -0.496 e. The van der Waals surface area contributed by atoms with E-state index in [1.807, 2.05) is 43.9 Å². The highest BCUT2D eigenvalue weighted by Gasteiger charge is 2.28. The Kier molecular flexibility index (Phi) is 4.30. The largest absolute Gasteiger partial charge is 0.496 e. The number of carbonyl (C=O) groups is 1. The molecule has 0 N–H and O–H groups in total. The van der Waals surface area contributed by atoms with E-state index in [2.05, 4.69) is 4.90 Å². The van der Waals surface area contributed by atoms with Crippen LogP contribution in [-0.2, 0) is 0 Å². The maximum Gasteiger partial charge on any atom is 0.184 e. The van der Waals surface area contributed by atoms with Gasteiger partial charge in [-0.3, -0.25) is 9.69 Å². The molecule has 1 aromatic rings. The Morgan fingerprint density at radius 1 is 1.50 bits per heavy atom. The molecule has 0 aromatic heterocycles. The molecule has 1 saturated heterocycles. The van der Waals surface area contributed by atoms with E-state index in [9.17, 15) is 4.79 Å². The first kappa shape index (κ1) is 13.4. The smallest absolute Gasteiger partial charge is 0.184 e. The molecular weight excluding hydrogens is 246 g/mol. The Bertz CT molecular complexity index is 447. The molecule has 4 heteroatoms. The van der Waals surface area contributed by atoms with Crippen molar-refractivity contribution in [2.24, 2.45) is 0 Å². The van der Waals surface area contributed by atoms with Crippen LogP contribution >= 0.6 is 11.8 Å². The fourth-order valence-electron chi connectivity index (χ4n) is 2.16. The van der Waals surface area contributed by atoms with Gasteiger partial charge in [0.05, 0.1) is 18.7 Å². The van der Waals surface area contributed by atoms with Crippen molar-refractivity contribution in [1.29, 1.82) is 0 Å². The molecule has 1 aliphatic heterocycles. The van der Waals surface area contributed by atoms with Crippen LogP contribution in [0, 0.1) is 6.92 Å². The van der Waals surface area contributed by atoms with Gasteiger partial charge in [-0.05, 0) is 26.1 Å². The fourth-order valence-corrected chi connectivity index (χ4v) is 3.37. The summed E-state index contributed by atoms with van der Waals surface area (Å²) in [5, 5.41) is 0. The molecule has 0 radical (unpaired) electrons. The van der Waals surface area contributed by atoms with Crippen molar-refractivity contribution in [3.05, 3.63) is 29.3 Å². The topological polar surface area (TPSA) is 29.5 Å². The first-order valence-electron chi connectivity index (χ1n) is 6.10. The van der Waals surface area contributed by atoms with Crippen LogP contribution in [0.25, 0.3) is 0 Å². The molecule has 1 aliphatic rings. The monoisotopic (exact) mass is 265 g/mol. The standard InChI is InChI=1S/C14H19NO2S/c1-10-4-5-13(17-3)11(8-10)14(16)12-9-18-7-6-15(12)2/h4-5,8,12H,6-7,9H2,1-3H3. The highest BCUT2D eigenvalue weighted by molar-refractivity contribution is 7.99. The number of carbonyl (C=O) groups excluding carboxylic acids is 1. The van der Waals surface area contributed by atoms with Gasteiger partial charge in [-0.25, -0.2) is 0 Å². The van der Waals surface area contributed by atoms with Crippen LogP contribution in [0.1, 0.15) is 15.9 Å². The van der Waals surface area contributed by atoms with Crippen molar-refractivity contribution >= 4 is 17.5 Å². The number of ketones is 1. The second kappa shape index (κ2) is 5.76. The number of hydrogen-bond donors (Lipinski definition) is 0. The molecule has 0 aliphatic carbocycles. The molecule has 1 heterocycles. The molecule has 1 unspecified atom stereocenters. The second-order valence-corrected chi connectivity index (χ2v) is 5.79. The van der Waals surface area contributed by atoms with Gasteiger partial charge in [0.1, 0.15) is 5.75 Å². The summed E-state index contributed by atoms with van der Waals surface area (Å²) in [6, 6.07) is 5.74. The lowest BCUT2D eigenvalue weighted by atomic mass is 10.0. The minimum atomic E-state index is -0.0283. The summed E-state index contributed by atoms with van der Waals surface area (Å²) in [6.45, 7) is 2.96. The lowest BCUT2D eigenvalue weighted by molar-refractivity contribution is 0.0871. The number of Topliss-reactive ketones (excluding diaryl/α,β-unsaturated/α-hetero) is 1. The Labute approximate surface area is 113 Å². The predicted octanol–water partition coefficient (Wildman–Crippen LogP) is 2.23. The number of likely N-dealkylation sites (N-methyl/N-ethyl adjacent to an activating group) is 1. The predicted molar refractivity (Wildman–Crippen MR) is 75.8 cm³/mol. The number of benzene rings is 1. The lowest BCUT2D eigenvalue weighted by Crippen LogP contribution is -2.44. The van der Waals surface area contributed by atoms with Crippen LogP contribution in [0.5, 0.6) is 5.75 Å². The van der Waals surface area contributed by atoms with Gasteiger partial charge < -0.3 is 4.74 Å². The third-order valence-electron chi connectivity index (χ3n) is 3.32. The van der Waals surface area contributed by atoms with E-state index in [0.29, 0.717) is 11.3 Å². The van der Waals surface area contributed by atoms with Crippen molar-refractivity contribution in [1.82, 2.24) is 4.90 Å². The SMILES string of the molecule is COc1ccc(C)cc1C(=O)C1CSCCN1C. The summed E-state index contributed by atoms with van der Waals surface area (Å²) >= 11 is 1.84. The quantitative estimate of drug-likeness (QED) is 0.784. The van der Waals surface area contributed by atoms with E-state index in [1.165, 1.54) is 0 Å². The maximum absolute atomic E-state index is 12.6.